The summed E-state index contributed by atoms with van der Waals surface area (Å²) in [4.78, 5) is 16.7. The van der Waals surface area contributed by atoms with E-state index >= 15 is 0 Å². The van der Waals surface area contributed by atoms with Gasteiger partial charge in [0.05, 0.1) is 10.2 Å². The normalized spacial score (nSPS) is 11.8. The van der Waals surface area contributed by atoms with Gasteiger partial charge in [-0.1, -0.05) is 45.2 Å². The number of rotatable bonds is 5. The van der Waals surface area contributed by atoms with Crippen LogP contribution in [-0.2, 0) is 12.8 Å². The first-order chi connectivity index (χ1) is 14.5. The lowest BCUT2D eigenvalue weighted by molar-refractivity contribution is -0.141. The Morgan fingerprint density at radius 2 is 1.84 bits per heavy atom. The van der Waals surface area contributed by atoms with Crippen molar-refractivity contribution >= 4 is 67.2 Å². The molecule has 3 rings (SSSR count). The van der Waals surface area contributed by atoms with E-state index in [0.717, 1.165) is 6.07 Å². The van der Waals surface area contributed by atoms with Crippen LogP contribution in [0, 0.1) is 0 Å². The van der Waals surface area contributed by atoms with Gasteiger partial charge in [-0.2, -0.15) is 18.2 Å². The van der Waals surface area contributed by atoms with Crippen molar-refractivity contribution in [1.29, 1.82) is 0 Å². The summed E-state index contributed by atoms with van der Waals surface area (Å²) >= 11 is 18.9. The van der Waals surface area contributed by atoms with Crippen molar-refractivity contribution in [3.05, 3.63) is 88.4 Å². The Morgan fingerprint density at radius 3 is 2.52 bits per heavy atom. The van der Waals surface area contributed by atoms with Crippen LogP contribution in [0.25, 0.3) is 12.2 Å². The molecule has 0 saturated carbocycles. The van der Waals surface area contributed by atoms with Gasteiger partial charge in [0.2, 0.25) is 0 Å². The van der Waals surface area contributed by atoms with E-state index in [9.17, 15) is 18.0 Å². The first-order valence-corrected chi connectivity index (χ1v) is 10.8. The van der Waals surface area contributed by atoms with E-state index in [2.05, 4.69) is 36.8 Å². The van der Waals surface area contributed by atoms with Crippen LogP contribution < -0.4 is 10.4 Å². The maximum absolute atomic E-state index is 12.9. The maximum atomic E-state index is 12.9. The molecule has 1 aromatic heterocycles. The third kappa shape index (κ3) is 6.35. The van der Waals surface area contributed by atoms with E-state index in [0.29, 0.717) is 35.9 Å². The van der Waals surface area contributed by atoms with E-state index in [1.165, 1.54) is 12.2 Å². The topological polar surface area (TPSA) is 55.0 Å². The van der Waals surface area contributed by atoms with Crippen molar-refractivity contribution in [1.82, 2.24) is 9.97 Å². The van der Waals surface area contributed by atoms with Gasteiger partial charge >= 0.3 is 11.9 Å². The molecule has 0 unspecified atom stereocenters. The van der Waals surface area contributed by atoms with Gasteiger partial charge in [-0.05, 0) is 58.4 Å². The summed E-state index contributed by atoms with van der Waals surface area (Å²) in [6.07, 6.45) is -1.91. The second kappa shape index (κ2) is 9.77. The lowest BCUT2D eigenvalue weighted by Gasteiger charge is -2.13. The fourth-order valence-electron chi connectivity index (χ4n) is 2.53. The summed E-state index contributed by atoms with van der Waals surface area (Å²) in [5, 5.41) is 0.927. The smallest absolute Gasteiger partial charge is 0.431 e. The molecule has 4 nitrogen and oxygen atoms in total. The predicted octanol–water partition coefficient (Wildman–Crippen LogP) is 7.37. The first-order valence-electron chi connectivity index (χ1n) is 8.45. The van der Waals surface area contributed by atoms with Crippen LogP contribution in [0.15, 0.2) is 50.1 Å². The Hall–Kier alpha value is -1.81. The molecule has 3 aromatic rings. The number of nitrogens with one attached hydrogen (secondary N) is 1. The van der Waals surface area contributed by atoms with Gasteiger partial charge in [0.1, 0.15) is 18.1 Å². The molecule has 0 atom stereocenters. The summed E-state index contributed by atoms with van der Waals surface area (Å²) in [6, 6.07) is 9.21. The highest BCUT2D eigenvalue weighted by molar-refractivity contribution is 9.11. The Kier molecular flexibility index (Phi) is 7.51. The quantitative estimate of drug-likeness (QED) is 0.334. The number of benzene rings is 2. The molecule has 162 valence electrons. The Labute approximate surface area is 201 Å². The van der Waals surface area contributed by atoms with Crippen LogP contribution >= 0.6 is 55.1 Å². The van der Waals surface area contributed by atoms with Crippen molar-refractivity contribution in [2.45, 2.75) is 12.8 Å². The molecule has 31 heavy (non-hydrogen) atoms. The highest BCUT2D eigenvalue weighted by Crippen LogP contribution is 2.35. The largest absolute Gasteiger partial charge is 0.487 e. The third-order valence-electron chi connectivity index (χ3n) is 3.93. The van der Waals surface area contributed by atoms with Crippen LogP contribution in [-0.4, -0.2) is 9.97 Å². The van der Waals surface area contributed by atoms with Crippen LogP contribution in [0.3, 0.4) is 0 Å². The van der Waals surface area contributed by atoms with Gasteiger partial charge in [0, 0.05) is 25.6 Å². The van der Waals surface area contributed by atoms with Gasteiger partial charge in [0.25, 0.3) is 0 Å². The second-order valence-electron chi connectivity index (χ2n) is 6.19. The number of nitrogens with zero attached hydrogens (tertiary/aromatic N) is 1. The molecule has 0 aliphatic carbocycles. The maximum Gasteiger partial charge on any atom is 0.431 e. The van der Waals surface area contributed by atoms with Crippen molar-refractivity contribution in [3.8, 4) is 5.75 Å². The molecule has 0 bridgehead atoms. The van der Waals surface area contributed by atoms with E-state index in [4.69, 9.17) is 27.9 Å². The zero-order valence-electron chi connectivity index (χ0n) is 15.2. The van der Waals surface area contributed by atoms with Gasteiger partial charge in [-0.3, -0.25) is 0 Å². The molecular formula is C20H11Br2Cl2F3N2O2. The minimum absolute atomic E-state index is 0.124. The standard InChI is InChI=1S/C20H11Br2Cl2F3N2O2/c21-12-5-10(2-4-14-8-17(20(25,26)27)29-19(30)28-14)18(15(22)6-12)31-9-11-1-3-13(23)7-16(11)24/h1-8H,9H2,(H,28,29,30)/b4-2+. The van der Waals surface area contributed by atoms with Crippen molar-refractivity contribution in [2.24, 2.45) is 0 Å². The average Bonchev–Trinajstić information content (AvgIpc) is 2.65. The van der Waals surface area contributed by atoms with Crippen LogP contribution in [0.1, 0.15) is 22.5 Å². The molecule has 0 aliphatic rings. The van der Waals surface area contributed by atoms with Crippen molar-refractivity contribution in [2.75, 3.05) is 0 Å². The van der Waals surface area contributed by atoms with Gasteiger partial charge < -0.3 is 9.72 Å². The number of aromatic nitrogens is 2. The third-order valence-corrected chi connectivity index (χ3v) is 5.56. The highest BCUT2D eigenvalue weighted by atomic mass is 79.9. The lowest BCUT2D eigenvalue weighted by Crippen LogP contribution is -2.19. The first kappa shape index (κ1) is 23.8. The monoisotopic (exact) mass is 596 g/mol. The summed E-state index contributed by atoms with van der Waals surface area (Å²) < 4.78 is 46.0. The molecular weight excluding hydrogens is 588 g/mol. The number of alkyl halides is 3. The highest BCUT2D eigenvalue weighted by Gasteiger charge is 2.32. The zero-order valence-corrected chi connectivity index (χ0v) is 19.9. The minimum Gasteiger partial charge on any atom is -0.487 e. The minimum atomic E-state index is -4.70. The molecule has 0 radical (unpaired) electrons. The van der Waals surface area contributed by atoms with Crippen molar-refractivity contribution in [3.63, 3.8) is 0 Å². The van der Waals surface area contributed by atoms with E-state index in [1.807, 2.05) is 0 Å². The number of ether oxygens (including phenoxy) is 1. The van der Waals surface area contributed by atoms with Crippen LogP contribution in [0.2, 0.25) is 10.0 Å². The number of hydrogen-bond donors (Lipinski definition) is 1. The summed E-state index contributed by atoms with van der Waals surface area (Å²) in [7, 11) is 0. The van der Waals surface area contributed by atoms with E-state index in [1.54, 1.807) is 35.3 Å². The molecule has 2 aromatic carbocycles. The van der Waals surface area contributed by atoms with E-state index in [-0.39, 0.29) is 12.3 Å². The van der Waals surface area contributed by atoms with Crippen LogP contribution in [0.5, 0.6) is 5.75 Å². The van der Waals surface area contributed by atoms with Gasteiger partial charge in [-0.15, -0.1) is 0 Å². The molecule has 1 heterocycles. The molecule has 0 amide bonds. The number of H-pyrrole nitrogens is 1. The SMILES string of the molecule is O=c1nc(/C=C/c2cc(Br)cc(Br)c2OCc2ccc(Cl)cc2Cl)cc(C(F)(F)F)[nH]1. The summed E-state index contributed by atoms with van der Waals surface area (Å²) in [6.45, 7) is 0.124. The van der Waals surface area contributed by atoms with Gasteiger partial charge in [0.15, 0.2) is 0 Å². The number of halogens is 7. The van der Waals surface area contributed by atoms with Crippen molar-refractivity contribution < 1.29 is 17.9 Å². The zero-order chi connectivity index (χ0) is 22.8. The number of aromatic amines is 1. The Balaban J connectivity index is 1.93. The summed E-state index contributed by atoms with van der Waals surface area (Å²) in [5.41, 5.74) is -1.21. The Morgan fingerprint density at radius 1 is 1.10 bits per heavy atom. The predicted molar refractivity (Wildman–Crippen MR) is 121 cm³/mol. The molecule has 0 saturated heterocycles. The molecule has 0 fully saturated rings. The fraction of sp³-hybridized carbons (Fsp3) is 0.100. The van der Waals surface area contributed by atoms with Gasteiger partial charge in [-0.25, -0.2) is 4.79 Å². The Bertz CT molecular complexity index is 1210. The van der Waals surface area contributed by atoms with E-state index < -0.39 is 17.6 Å². The molecule has 11 heteroatoms. The number of hydrogen-bond acceptors (Lipinski definition) is 3. The second-order valence-corrected chi connectivity index (χ2v) is 8.80. The fourth-order valence-corrected chi connectivity index (χ4v) is 4.37. The summed E-state index contributed by atoms with van der Waals surface area (Å²) in [5.74, 6) is 0.423. The molecule has 1 N–H and O–H groups in total. The molecule has 0 aliphatic heterocycles. The molecule has 0 spiro atoms. The van der Waals surface area contributed by atoms with Crippen LogP contribution in [0.4, 0.5) is 13.2 Å². The lowest BCUT2D eigenvalue weighted by atomic mass is 10.1. The average molecular weight is 599 g/mol.